The molecule has 0 aliphatic rings. The van der Waals surface area contributed by atoms with E-state index in [0.717, 1.165) is 11.3 Å². The van der Waals surface area contributed by atoms with Crippen molar-refractivity contribution in [2.24, 2.45) is 5.73 Å². The minimum Gasteiger partial charge on any atom is -0.382 e. The maximum Gasteiger partial charge on any atom is 0.114 e. The first-order valence-electron chi connectivity index (χ1n) is 4.40. The Hall–Kier alpha value is -1.09. The number of hydrogen-bond donors (Lipinski definition) is 2. The first-order chi connectivity index (χ1) is 6.24. The van der Waals surface area contributed by atoms with Crippen LogP contribution in [0.3, 0.4) is 0 Å². The van der Waals surface area contributed by atoms with E-state index in [9.17, 15) is 4.39 Å². The standard InChI is InChI=1S/C10H15FN2/c1-8(11)7-13-10-5-3-2-4-9(10)6-12/h2-5,8,13H,6-7,12H2,1H3. The fraction of sp³-hybridized carbons (Fsp3) is 0.400. The molecule has 0 saturated heterocycles. The highest BCUT2D eigenvalue weighted by molar-refractivity contribution is 5.50. The lowest BCUT2D eigenvalue weighted by atomic mass is 10.2. The Morgan fingerprint density at radius 1 is 1.46 bits per heavy atom. The second-order valence-electron chi connectivity index (χ2n) is 3.02. The van der Waals surface area contributed by atoms with Crippen LogP contribution in [0, 0.1) is 0 Å². The van der Waals surface area contributed by atoms with E-state index in [1.807, 2.05) is 24.3 Å². The van der Waals surface area contributed by atoms with Gasteiger partial charge in [0.1, 0.15) is 6.17 Å². The molecule has 0 saturated carbocycles. The number of benzene rings is 1. The first-order valence-corrected chi connectivity index (χ1v) is 4.40. The summed E-state index contributed by atoms with van der Waals surface area (Å²) in [6.45, 7) is 2.33. The maximum absolute atomic E-state index is 12.5. The predicted molar refractivity (Wildman–Crippen MR) is 53.4 cm³/mol. The number of rotatable bonds is 4. The van der Waals surface area contributed by atoms with Gasteiger partial charge in [-0.1, -0.05) is 18.2 Å². The maximum atomic E-state index is 12.5. The summed E-state index contributed by atoms with van der Waals surface area (Å²) in [6, 6.07) is 7.67. The van der Waals surface area contributed by atoms with Crippen LogP contribution in [0.25, 0.3) is 0 Å². The smallest absolute Gasteiger partial charge is 0.114 e. The zero-order valence-electron chi connectivity index (χ0n) is 7.76. The average molecular weight is 182 g/mol. The topological polar surface area (TPSA) is 38.0 Å². The number of nitrogens with two attached hydrogens (primary N) is 1. The van der Waals surface area contributed by atoms with Crippen LogP contribution in [0.15, 0.2) is 24.3 Å². The van der Waals surface area contributed by atoms with Crippen LogP contribution in [0.4, 0.5) is 10.1 Å². The van der Waals surface area contributed by atoms with Gasteiger partial charge in [-0.25, -0.2) is 4.39 Å². The number of nitrogens with one attached hydrogen (secondary N) is 1. The van der Waals surface area contributed by atoms with Crippen molar-refractivity contribution < 1.29 is 4.39 Å². The molecule has 1 atom stereocenters. The van der Waals surface area contributed by atoms with Crippen LogP contribution in [-0.4, -0.2) is 12.7 Å². The van der Waals surface area contributed by atoms with Gasteiger partial charge in [0.2, 0.25) is 0 Å². The number of hydrogen-bond acceptors (Lipinski definition) is 2. The van der Waals surface area contributed by atoms with E-state index in [1.165, 1.54) is 6.92 Å². The van der Waals surface area contributed by atoms with E-state index >= 15 is 0 Å². The molecule has 0 aromatic heterocycles. The van der Waals surface area contributed by atoms with Gasteiger partial charge in [-0.2, -0.15) is 0 Å². The number of para-hydroxylation sites is 1. The normalized spacial score (nSPS) is 12.5. The fourth-order valence-electron chi connectivity index (χ4n) is 1.12. The van der Waals surface area contributed by atoms with Crippen molar-refractivity contribution in [3.63, 3.8) is 0 Å². The molecule has 2 nitrogen and oxygen atoms in total. The number of halogens is 1. The molecular formula is C10H15FN2. The van der Waals surface area contributed by atoms with E-state index in [1.54, 1.807) is 0 Å². The molecule has 1 rings (SSSR count). The summed E-state index contributed by atoms with van der Waals surface area (Å²) < 4.78 is 12.5. The molecule has 1 aromatic rings. The second kappa shape index (κ2) is 4.82. The quantitative estimate of drug-likeness (QED) is 0.746. The Morgan fingerprint density at radius 2 is 2.15 bits per heavy atom. The van der Waals surface area contributed by atoms with Crippen LogP contribution >= 0.6 is 0 Å². The molecule has 13 heavy (non-hydrogen) atoms. The SMILES string of the molecule is CC(F)CNc1ccccc1CN. The van der Waals surface area contributed by atoms with Crippen LogP contribution in [0.1, 0.15) is 12.5 Å². The highest BCUT2D eigenvalue weighted by atomic mass is 19.1. The third-order valence-electron chi connectivity index (χ3n) is 1.81. The molecule has 0 bridgehead atoms. The van der Waals surface area contributed by atoms with Crippen molar-refractivity contribution in [3.05, 3.63) is 29.8 Å². The summed E-state index contributed by atoms with van der Waals surface area (Å²) in [5.74, 6) is 0. The predicted octanol–water partition coefficient (Wildman–Crippen LogP) is 1.92. The van der Waals surface area contributed by atoms with E-state index in [0.29, 0.717) is 13.1 Å². The molecule has 3 heteroatoms. The summed E-state index contributed by atoms with van der Waals surface area (Å²) in [6.07, 6.45) is -0.842. The van der Waals surface area contributed by atoms with Crippen molar-refractivity contribution in [3.8, 4) is 0 Å². The van der Waals surface area contributed by atoms with Gasteiger partial charge >= 0.3 is 0 Å². The Kier molecular flexibility index (Phi) is 3.71. The molecule has 72 valence electrons. The van der Waals surface area contributed by atoms with Gasteiger partial charge in [0.25, 0.3) is 0 Å². The number of anilines is 1. The van der Waals surface area contributed by atoms with E-state index < -0.39 is 6.17 Å². The molecule has 0 amide bonds. The summed E-state index contributed by atoms with van der Waals surface area (Å²) in [4.78, 5) is 0. The molecule has 0 fully saturated rings. The molecule has 0 heterocycles. The lowest BCUT2D eigenvalue weighted by Gasteiger charge is -2.10. The molecular weight excluding hydrogens is 167 g/mol. The van der Waals surface area contributed by atoms with Crippen LogP contribution in [0.5, 0.6) is 0 Å². The number of alkyl halides is 1. The summed E-state index contributed by atoms with van der Waals surface area (Å²) in [5, 5.41) is 3.01. The van der Waals surface area contributed by atoms with Crippen molar-refractivity contribution in [2.45, 2.75) is 19.6 Å². The summed E-state index contributed by atoms with van der Waals surface area (Å²) in [5.41, 5.74) is 7.47. The van der Waals surface area contributed by atoms with Crippen molar-refractivity contribution in [1.29, 1.82) is 0 Å². The zero-order valence-corrected chi connectivity index (χ0v) is 7.76. The summed E-state index contributed by atoms with van der Waals surface area (Å²) in [7, 11) is 0. The Morgan fingerprint density at radius 3 is 2.77 bits per heavy atom. The second-order valence-corrected chi connectivity index (χ2v) is 3.02. The van der Waals surface area contributed by atoms with E-state index in [4.69, 9.17) is 5.73 Å². The molecule has 0 radical (unpaired) electrons. The van der Waals surface area contributed by atoms with E-state index in [-0.39, 0.29) is 0 Å². The van der Waals surface area contributed by atoms with Gasteiger partial charge in [-0.3, -0.25) is 0 Å². The lowest BCUT2D eigenvalue weighted by molar-refractivity contribution is 0.378. The van der Waals surface area contributed by atoms with Gasteiger partial charge < -0.3 is 11.1 Å². The third kappa shape index (κ3) is 3.03. The highest BCUT2D eigenvalue weighted by Gasteiger charge is 2.01. The molecule has 1 unspecified atom stereocenters. The van der Waals surface area contributed by atoms with Gasteiger partial charge in [-0.05, 0) is 18.6 Å². The Bertz CT molecular complexity index is 261. The van der Waals surface area contributed by atoms with Gasteiger partial charge in [-0.15, -0.1) is 0 Å². The van der Waals surface area contributed by atoms with E-state index in [2.05, 4.69) is 5.32 Å². The van der Waals surface area contributed by atoms with Crippen molar-refractivity contribution in [1.82, 2.24) is 0 Å². The molecule has 0 aliphatic carbocycles. The zero-order chi connectivity index (χ0) is 9.68. The molecule has 0 spiro atoms. The molecule has 0 aliphatic heterocycles. The van der Waals surface area contributed by atoms with Crippen LogP contribution in [-0.2, 0) is 6.54 Å². The van der Waals surface area contributed by atoms with Crippen LogP contribution < -0.4 is 11.1 Å². The first kappa shape index (κ1) is 9.99. The van der Waals surface area contributed by atoms with Crippen molar-refractivity contribution >= 4 is 5.69 Å². The lowest BCUT2D eigenvalue weighted by Crippen LogP contribution is -2.13. The minimum absolute atomic E-state index is 0.330. The third-order valence-corrected chi connectivity index (χ3v) is 1.81. The minimum atomic E-state index is -0.842. The van der Waals surface area contributed by atoms with Crippen LogP contribution in [0.2, 0.25) is 0 Å². The van der Waals surface area contributed by atoms with Gasteiger partial charge in [0.05, 0.1) is 0 Å². The average Bonchev–Trinajstić information content (AvgIpc) is 2.15. The highest BCUT2D eigenvalue weighted by Crippen LogP contribution is 2.13. The summed E-state index contributed by atoms with van der Waals surface area (Å²) >= 11 is 0. The Balaban J connectivity index is 2.64. The Labute approximate surface area is 77.9 Å². The molecule has 1 aromatic carbocycles. The molecule has 3 N–H and O–H groups in total. The van der Waals surface area contributed by atoms with Gasteiger partial charge in [0.15, 0.2) is 0 Å². The fourth-order valence-corrected chi connectivity index (χ4v) is 1.12. The monoisotopic (exact) mass is 182 g/mol. The van der Waals surface area contributed by atoms with Gasteiger partial charge in [0, 0.05) is 18.8 Å². The van der Waals surface area contributed by atoms with Crippen molar-refractivity contribution in [2.75, 3.05) is 11.9 Å². The largest absolute Gasteiger partial charge is 0.382 e.